The van der Waals surface area contributed by atoms with Crippen LogP contribution in [-0.2, 0) is 19.1 Å². The van der Waals surface area contributed by atoms with Crippen LogP contribution in [0.4, 0.5) is 0 Å². The van der Waals surface area contributed by atoms with Gasteiger partial charge >= 0.3 is 133 Å². The first kappa shape index (κ1) is 29.9. The smallest absolute Gasteiger partial charge is 0.335 e. The summed E-state index contributed by atoms with van der Waals surface area (Å²) in [5.41, 5.74) is 0. The van der Waals surface area contributed by atoms with Crippen molar-refractivity contribution in [1.29, 1.82) is 0 Å². The Bertz CT molecular complexity index is 336. The van der Waals surface area contributed by atoms with Crippen molar-refractivity contribution < 1.29 is 24.2 Å². The molecule has 0 amide bonds. The van der Waals surface area contributed by atoms with Crippen molar-refractivity contribution in [2.45, 2.75) is 112 Å². The van der Waals surface area contributed by atoms with Gasteiger partial charge in [-0.25, -0.2) is 4.79 Å². The number of carbonyl (C=O) groups excluding carboxylic acids is 2. The van der Waals surface area contributed by atoms with Crippen LogP contribution in [0.15, 0.2) is 0 Å². The number of hydrogen-bond donors (Lipinski definition) is 1. The average molecular weight is 507 g/mol. The summed E-state index contributed by atoms with van der Waals surface area (Å²) in [7, 11) is 2.30. The quantitative estimate of drug-likeness (QED) is 0.164. The molecule has 0 saturated heterocycles. The molecule has 0 bridgehead atoms. The second-order valence-corrected chi connectivity index (χ2v) is 11.4. The van der Waals surface area contributed by atoms with E-state index in [1.54, 1.807) is 21.7 Å². The van der Waals surface area contributed by atoms with Gasteiger partial charge in [0.05, 0.1) is 20.6 Å². The molecule has 1 N–H and O–H groups in total. The first-order chi connectivity index (χ1) is 13.5. The largest absolute Gasteiger partial charge is 0.469 e. The number of carbonyl (C=O) groups is 2. The summed E-state index contributed by atoms with van der Waals surface area (Å²) in [6, 6.07) is 0. The number of esters is 2. The van der Waals surface area contributed by atoms with E-state index in [9.17, 15) is 9.59 Å². The number of ether oxygens (including phenoxy) is 2. The molecule has 0 aliphatic rings. The van der Waals surface area contributed by atoms with Gasteiger partial charge in [-0.2, -0.15) is 0 Å². The van der Waals surface area contributed by atoms with Gasteiger partial charge in [0, 0.05) is 0 Å². The number of aliphatic hydroxyl groups is 1. The van der Waals surface area contributed by atoms with E-state index in [-0.39, 0.29) is 27.6 Å². The summed E-state index contributed by atoms with van der Waals surface area (Å²) >= 11 is 0.0736. The van der Waals surface area contributed by atoms with Crippen LogP contribution in [0.1, 0.15) is 97.3 Å². The third-order valence-corrected chi connectivity index (χ3v) is 8.51. The predicted octanol–water partition coefficient (Wildman–Crippen LogP) is 5.33. The fourth-order valence-electron chi connectivity index (χ4n) is 2.65. The number of unbranched alkanes of at least 4 members (excludes halogenated alkanes) is 10. The topological polar surface area (TPSA) is 72.8 Å². The molecule has 0 fully saturated rings. The van der Waals surface area contributed by atoms with E-state index >= 15 is 0 Å². The van der Waals surface area contributed by atoms with Crippen LogP contribution >= 0.6 is 0 Å². The second-order valence-electron chi connectivity index (χ2n) is 7.10. The molecule has 6 heteroatoms. The molecule has 28 heavy (non-hydrogen) atoms. The minimum Gasteiger partial charge on any atom is -0.469 e. The molecule has 0 rings (SSSR count). The Kier molecular flexibility index (Phi) is 26.4. The minimum absolute atomic E-state index is 0.0736. The molecule has 0 saturated carbocycles. The minimum atomic E-state index is -1.42. The van der Waals surface area contributed by atoms with E-state index in [1.165, 1.54) is 71.3 Å². The standard InChI is InChI=1S/2C8H17.C6H10O5.Sn/c2*1-3-5-7-8-6-4-2;1-10-5(8)3-4(7)6(9)11-2;/h2*1,3-8H2,2H3;4,7H,3H2,1-2H3;. The summed E-state index contributed by atoms with van der Waals surface area (Å²) < 4.78 is 11.7. The summed E-state index contributed by atoms with van der Waals surface area (Å²) in [4.78, 5) is 20.9. The van der Waals surface area contributed by atoms with Gasteiger partial charge in [-0.1, -0.05) is 0 Å². The molecule has 2 radical (unpaired) electrons. The first-order valence-electron chi connectivity index (χ1n) is 11.1. The fourth-order valence-corrected chi connectivity index (χ4v) is 6.21. The van der Waals surface area contributed by atoms with E-state index in [2.05, 4.69) is 23.3 Å². The molecule has 0 heterocycles. The monoisotopic (exact) mass is 508 g/mol. The molecule has 1 unspecified atom stereocenters. The van der Waals surface area contributed by atoms with Crippen LogP contribution in [0.3, 0.4) is 0 Å². The summed E-state index contributed by atoms with van der Waals surface area (Å²) in [6.07, 6.45) is 16.0. The van der Waals surface area contributed by atoms with Crippen molar-refractivity contribution in [1.82, 2.24) is 0 Å². The van der Waals surface area contributed by atoms with Crippen molar-refractivity contribution in [3.05, 3.63) is 0 Å². The number of hydrogen-bond acceptors (Lipinski definition) is 5. The van der Waals surface area contributed by atoms with Gasteiger partial charge in [-0.05, 0) is 0 Å². The van der Waals surface area contributed by atoms with E-state index < -0.39 is 18.0 Å². The predicted molar refractivity (Wildman–Crippen MR) is 117 cm³/mol. The maximum Gasteiger partial charge on any atom is 0.335 e. The maximum atomic E-state index is 10.5. The molecule has 0 aromatic carbocycles. The summed E-state index contributed by atoms with van der Waals surface area (Å²) in [6.45, 7) is 4.60. The van der Waals surface area contributed by atoms with Crippen LogP contribution in [0.2, 0.25) is 8.87 Å². The van der Waals surface area contributed by atoms with Gasteiger partial charge in [0.2, 0.25) is 0 Å². The van der Waals surface area contributed by atoms with Gasteiger partial charge in [-0.3, -0.25) is 4.79 Å². The summed E-state index contributed by atoms with van der Waals surface area (Å²) in [5.74, 6) is -1.49. The molecule has 166 valence electrons. The van der Waals surface area contributed by atoms with E-state index in [0.717, 1.165) is 7.11 Å². The van der Waals surface area contributed by atoms with Gasteiger partial charge in [0.25, 0.3) is 0 Å². The Hall–Kier alpha value is -0.301. The number of aliphatic hydroxyl groups excluding tert-OH is 1. The van der Waals surface area contributed by atoms with Crippen molar-refractivity contribution in [2.75, 3.05) is 14.2 Å². The SMILES string of the molecule is CCCCCCC[CH2][Sn][CH2]CCCCCCC.COC(=O)CC(O)C(=O)OC. The molecule has 0 aromatic heterocycles. The molecule has 0 spiro atoms. The van der Waals surface area contributed by atoms with E-state index in [4.69, 9.17) is 5.11 Å². The Balaban J connectivity index is 0. The van der Waals surface area contributed by atoms with E-state index in [1.807, 2.05) is 0 Å². The van der Waals surface area contributed by atoms with Crippen LogP contribution in [0, 0.1) is 0 Å². The van der Waals surface area contributed by atoms with Crippen molar-refractivity contribution in [3.63, 3.8) is 0 Å². The molecule has 1 atom stereocenters. The van der Waals surface area contributed by atoms with Gasteiger partial charge in [0.15, 0.2) is 6.10 Å². The number of methoxy groups -OCH3 is 2. The normalized spacial score (nSPS) is 11.3. The van der Waals surface area contributed by atoms with Crippen LogP contribution < -0.4 is 0 Å². The Morgan fingerprint density at radius 1 is 0.750 bits per heavy atom. The van der Waals surface area contributed by atoms with Crippen LogP contribution in [0.5, 0.6) is 0 Å². The van der Waals surface area contributed by atoms with Gasteiger partial charge in [0.1, 0.15) is 0 Å². The van der Waals surface area contributed by atoms with Crippen LogP contribution in [0.25, 0.3) is 0 Å². The molecule has 0 aromatic rings. The fraction of sp³-hybridized carbons (Fsp3) is 0.909. The van der Waals surface area contributed by atoms with Crippen molar-refractivity contribution >= 4 is 33.1 Å². The molecule has 0 aliphatic heterocycles. The maximum absolute atomic E-state index is 10.5. The molecule has 0 aliphatic carbocycles. The Labute approximate surface area is 183 Å². The first-order valence-corrected chi connectivity index (χ1v) is 15.1. The summed E-state index contributed by atoms with van der Waals surface area (Å²) in [5, 5.41) is 8.84. The van der Waals surface area contributed by atoms with Gasteiger partial charge < -0.3 is 14.6 Å². The zero-order chi connectivity index (χ0) is 21.5. The van der Waals surface area contributed by atoms with E-state index in [0.29, 0.717) is 0 Å². The Morgan fingerprint density at radius 3 is 1.57 bits per heavy atom. The van der Waals surface area contributed by atoms with Gasteiger partial charge in [-0.15, -0.1) is 0 Å². The Morgan fingerprint density at radius 2 is 1.18 bits per heavy atom. The zero-order valence-electron chi connectivity index (χ0n) is 18.8. The zero-order valence-corrected chi connectivity index (χ0v) is 21.6. The second kappa shape index (κ2) is 24.7. The molecule has 5 nitrogen and oxygen atoms in total. The average Bonchev–Trinajstić information content (AvgIpc) is 2.71. The van der Waals surface area contributed by atoms with Crippen molar-refractivity contribution in [2.24, 2.45) is 0 Å². The third kappa shape index (κ3) is 23.7. The number of rotatable bonds is 17. The van der Waals surface area contributed by atoms with Crippen molar-refractivity contribution in [3.8, 4) is 0 Å². The molecular formula is C22H44O5Sn. The molecular weight excluding hydrogens is 463 g/mol. The van der Waals surface area contributed by atoms with Crippen LogP contribution in [-0.4, -0.2) is 58.5 Å². The third-order valence-electron chi connectivity index (χ3n) is 4.48.